The Kier molecular flexibility index (Phi) is 8.07. The molecule has 0 aliphatic rings. The predicted molar refractivity (Wildman–Crippen MR) is 151 cm³/mol. The number of aromatic nitrogens is 3. The van der Waals surface area contributed by atoms with Crippen LogP contribution in [-0.2, 0) is 19.6 Å². The van der Waals surface area contributed by atoms with E-state index in [1.807, 2.05) is 13.8 Å². The van der Waals surface area contributed by atoms with Gasteiger partial charge in [0.1, 0.15) is 11.6 Å². The van der Waals surface area contributed by atoms with Gasteiger partial charge in [-0.1, -0.05) is 32.0 Å². The molecule has 10 nitrogen and oxygen atoms in total. The number of hydrogen-bond donors (Lipinski definition) is 2. The van der Waals surface area contributed by atoms with Crippen molar-refractivity contribution >= 4 is 49.5 Å². The summed E-state index contributed by atoms with van der Waals surface area (Å²) >= 11 is 1.22. The summed E-state index contributed by atoms with van der Waals surface area (Å²) in [5.74, 6) is -0.265. The van der Waals surface area contributed by atoms with Gasteiger partial charge in [-0.3, -0.25) is 4.79 Å². The minimum absolute atomic E-state index is 0.142. The third-order valence-electron chi connectivity index (χ3n) is 5.58. The lowest BCUT2D eigenvalue weighted by Gasteiger charge is -2.23. The van der Waals surface area contributed by atoms with Crippen LogP contribution in [0, 0.1) is 5.92 Å². The highest BCUT2D eigenvalue weighted by molar-refractivity contribution is 7.90. The highest BCUT2D eigenvalue weighted by Crippen LogP contribution is 2.32. The first-order valence-corrected chi connectivity index (χ1v) is 14.7. The van der Waals surface area contributed by atoms with E-state index in [2.05, 4.69) is 20.6 Å². The molecule has 206 valence electrons. The van der Waals surface area contributed by atoms with E-state index in [0.29, 0.717) is 28.2 Å². The number of amides is 2. The monoisotopic (exact) mass is 569 g/mol. The fraction of sp³-hybridized carbons (Fsp3) is 0.333. The maximum Gasteiger partial charge on any atom is 0.408 e. The van der Waals surface area contributed by atoms with Gasteiger partial charge < -0.3 is 15.4 Å². The van der Waals surface area contributed by atoms with Crippen molar-refractivity contribution in [2.75, 3.05) is 5.32 Å². The van der Waals surface area contributed by atoms with Crippen LogP contribution in [0.2, 0.25) is 0 Å². The van der Waals surface area contributed by atoms with Gasteiger partial charge in [-0.05, 0) is 57.4 Å². The second-order valence-corrected chi connectivity index (χ2v) is 13.1. The number of carbonyl (C=O) groups is 2. The van der Waals surface area contributed by atoms with E-state index >= 15 is 0 Å². The summed E-state index contributed by atoms with van der Waals surface area (Å²) in [6.45, 7) is 9.17. The average molecular weight is 570 g/mol. The number of alkyl carbamates (subject to hydrolysis) is 1. The summed E-state index contributed by atoms with van der Waals surface area (Å²) < 4.78 is 32.9. The van der Waals surface area contributed by atoms with E-state index in [-0.39, 0.29) is 16.5 Å². The molecule has 2 amide bonds. The molecule has 1 atom stereocenters. The van der Waals surface area contributed by atoms with Crippen molar-refractivity contribution in [1.82, 2.24) is 19.3 Å². The number of ether oxygens (including phenoxy) is 1. The number of nitrogens with one attached hydrogen (secondary N) is 2. The van der Waals surface area contributed by atoms with Crippen molar-refractivity contribution < 1.29 is 22.7 Å². The lowest BCUT2D eigenvalue weighted by Crippen LogP contribution is -2.46. The molecule has 0 unspecified atom stereocenters. The Morgan fingerprint density at radius 3 is 2.49 bits per heavy atom. The van der Waals surface area contributed by atoms with E-state index in [9.17, 15) is 18.0 Å². The van der Waals surface area contributed by atoms with Gasteiger partial charge in [0.2, 0.25) is 5.91 Å². The molecule has 0 fully saturated rings. The second-order valence-electron chi connectivity index (χ2n) is 10.4. The van der Waals surface area contributed by atoms with E-state index < -0.39 is 33.7 Å². The molecule has 0 saturated carbocycles. The summed E-state index contributed by atoms with van der Waals surface area (Å²) in [6.07, 6.45) is 2.74. The van der Waals surface area contributed by atoms with Gasteiger partial charge in [0.05, 0.1) is 10.6 Å². The van der Waals surface area contributed by atoms with Crippen LogP contribution in [-0.4, -0.2) is 46.0 Å². The molecule has 12 heteroatoms. The first-order valence-electron chi connectivity index (χ1n) is 12.4. The van der Waals surface area contributed by atoms with Crippen LogP contribution in [0.25, 0.3) is 22.3 Å². The molecule has 4 rings (SSSR count). The predicted octanol–water partition coefficient (Wildman–Crippen LogP) is 5.27. The number of hydrogen-bond acceptors (Lipinski definition) is 8. The number of nitrogens with zero attached hydrogens (tertiary/aromatic N) is 3. The van der Waals surface area contributed by atoms with Gasteiger partial charge in [-0.15, -0.1) is 11.3 Å². The van der Waals surface area contributed by atoms with Gasteiger partial charge in [-0.25, -0.2) is 27.2 Å². The van der Waals surface area contributed by atoms with Gasteiger partial charge in [0, 0.05) is 28.7 Å². The van der Waals surface area contributed by atoms with Gasteiger partial charge in [0.15, 0.2) is 10.8 Å². The van der Waals surface area contributed by atoms with Crippen LogP contribution in [0.5, 0.6) is 0 Å². The highest BCUT2D eigenvalue weighted by Gasteiger charge is 2.26. The molecule has 0 saturated heterocycles. The second kappa shape index (κ2) is 11.1. The molecule has 0 aliphatic carbocycles. The van der Waals surface area contributed by atoms with Gasteiger partial charge in [-0.2, -0.15) is 0 Å². The normalized spacial score (nSPS) is 12.9. The Hall–Kier alpha value is -3.77. The standard InChI is InChI=1S/C27H31N5O5S2/c1-17(2)15-21(30-26(34)37-27(3,4)5)24(33)31-25-29-22(16-38-25)19-11-13-28-23-20(19)12-14-32(23)39(35,36)18-9-7-6-8-10-18/h6-14,16-17,21H,15H2,1-5H3,(H,30,34)(H,29,31,33)/t21-/m1/s1. The van der Waals surface area contributed by atoms with Crippen molar-refractivity contribution in [3.8, 4) is 11.3 Å². The highest BCUT2D eigenvalue weighted by atomic mass is 32.2. The Morgan fingerprint density at radius 1 is 1.10 bits per heavy atom. The Bertz CT molecular complexity index is 1590. The molecule has 3 aromatic heterocycles. The average Bonchev–Trinajstić information content (AvgIpc) is 3.50. The summed E-state index contributed by atoms with van der Waals surface area (Å²) in [6, 6.07) is 10.8. The van der Waals surface area contributed by atoms with Crippen LogP contribution in [0.3, 0.4) is 0 Å². The van der Waals surface area contributed by atoms with E-state index in [4.69, 9.17) is 4.74 Å². The molecule has 39 heavy (non-hydrogen) atoms. The molecule has 0 bridgehead atoms. The number of thiazole rings is 1. The first kappa shape index (κ1) is 28.2. The third-order valence-corrected chi connectivity index (χ3v) is 8.02. The molecule has 4 aromatic rings. The van der Waals surface area contributed by atoms with Crippen molar-refractivity contribution in [2.24, 2.45) is 5.92 Å². The molecule has 1 aromatic carbocycles. The maximum atomic E-state index is 13.2. The third kappa shape index (κ3) is 6.63. The van der Waals surface area contributed by atoms with Crippen molar-refractivity contribution in [2.45, 2.75) is 57.6 Å². The molecule has 0 aliphatic heterocycles. The summed E-state index contributed by atoms with van der Waals surface area (Å²) in [5.41, 5.74) is 0.804. The molecule has 3 heterocycles. The van der Waals surface area contributed by atoms with E-state index in [1.54, 1.807) is 56.5 Å². The van der Waals surface area contributed by atoms with Crippen LogP contribution in [0.15, 0.2) is 65.1 Å². The topological polar surface area (TPSA) is 132 Å². The summed E-state index contributed by atoms with van der Waals surface area (Å²) in [7, 11) is -3.84. The number of anilines is 1. The Balaban J connectivity index is 1.57. The molecular weight excluding hydrogens is 538 g/mol. The lowest BCUT2D eigenvalue weighted by atomic mass is 10.0. The summed E-state index contributed by atoms with van der Waals surface area (Å²) in [5, 5.41) is 8.15. The fourth-order valence-corrected chi connectivity index (χ4v) is 5.97. The zero-order chi connectivity index (χ0) is 28.4. The molecule has 0 radical (unpaired) electrons. The maximum absolute atomic E-state index is 13.2. The smallest absolute Gasteiger partial charge is 0.408 e. The zero-order valence-electron chi connectivity index (χ0n) is 22.3. The summed E-state index contributed by atoms with van der Waals surface area (Å²) in [4.78, 5) is 34.4. The molecular formula is C27H31N5O5S2. The van der Waals surface area contributed by atoms with Crippen molar-refractivity contribution in [1.29, 1.82) is 0 Å². The van der Waals surface area contributed by atoms with Crippen LogP contribution < -0.4 is 10.6 Å². The minimum atomic E-state index is -3.84. The number of pyridine rings is 1. The number of benzene rings is 1. The molecule has 2 N–H and O–H groups in total. The number of fused-ring (bicyclic) bond motifs is 1. The quantitative estimate of drug-likeness (QED) is 0.295. The van der Waals surface area contributed by atoms with Crippen molar-refractivity contribution in [3.63, 3.8) is 0 Å². The SMILES string of the molecule is CC(C)C[C@@H](NC(=O)OC(C)(C)C)C(=O)Nc1nc(-c2ccnc3c2ccn3S(=O)(=O)c2ccccc2)cs1. The van der Waals surface area contributed by atoms with Gasteiger partial charge >= 0.3 is 6.09 Å². The van der Waals surface area contributed by atoms with Gasteiger partial charge in [0.25, 0.3) is 10.0 Å². The number of rotatable bonds is 8. The minimum Gasteiger partial charge on any atom is -0.444 e. The molecule has 0 spiro atoms. The Morgan fingerprint density at radius 2 is 1.82 bits per heavy atom. The largest absolute Gasteiger partial charge is 0.444 e. The zero-order valence-corrected chi connectivity index (χ0v) is 24.0. The van der Waals surface area contributed by atoms with Crippen LogP contribution >= 0.6 is 11.3 Å². The lowest BCUT2D eigenvalue weighted by molar-refractivity contribution is -0.118. The van der Waals surface area contributed by atoms with Crippen LogP contribution in [0.4, 0.5) is 9.93 Å². The van der Waals surface area contributed by atoms with Crippen LogP contribution in [0.1, 0.15) is 41.0 Å². The van der Waals surface area contributed by atoms with Crippen molar-refractivity contribution in [3.05, 3.63) is 60.2 Å². The number of carbonyl (C=O) groups excluding carboxylic acids is 2. The van der Waals surface area contributed by atoms with E-state index in [1.165, 1.54) is 35.9 Å². The fourth-order valence-electron chi connectivity index (χ4n) is 3.94. The Labute approximate surface area is 231 Å². The van der Waals surface area contributed by atoms with E-state index in [0.717, 1.165) is 3.97 Å². The first-order chi connectivity index (χ1) is 18.3.